The fourth-order valence-corrected chi connectivity index (χ4v) is 2.10. The minimum absolute atomic E-state index is 0.949. The lowest BCUT2D eigenvalue weighted by molar-refractivity contribution is 0.608. The van der Waals surface area contributed by atoms with Crippen LogP contribution in [0.1, 0.15) is 43.0 Å². The Morgan fingerprint density at radius 1 is 1.27 bits per heavy atom. The minimum atomic E-state index is 0.949. The van der Waals surface area contributed by atoms with Gasteiger partial charge in [-0.05, 0) is 12.8 Å². The molecule has 2 heterocycles. The van der Waals surface area contributed by atoms with Gasteiger partial charge in [0.25, 0.3) is 0 Å². The summed E-state index contributed by atoms with van der Waals surface area (Å²) in [6, 6.07) is 0. The van der Waals surface area contributed by atoms with E-state index in [9.17, 15) is 0 Å². The fraction of sp³-hybridized carbons (Fsp3) is 0.667. The Hall–Kier alpha value is -0.960. The number of aromatic nitrogens is 2. The average molecular weight is 205 g/mol. The molecular weight excluding hydrogens is 186 g/mol. The normalized spacial score (nSPS) is 15.1. The van der Waals surface area contributed by atoms with E-state index in [0.717, 1.165) is 44.6 Å². The van der Waals surface area contributed by atoms with E-state index in [0.29, 0.717) is 0 Å². The molecule has 0 saturated carbocycles. The highest BCUT2D eigenvalue weighted by atomic mass is 14.9. The second-order valence-corrected chi connectivity index (χ2v) is 4.04. The predicted octanol–water partition coefficient (Wildman–Crippen LogP) is 1.64. The van der Waals surface area contributed by atoms with E-state index in [1.165, 1.54) is 17.0 Å². The molecule has 1 N–H and O–H groups in total. The van der Waals surface area contributed by atoms with E-state index in [2.05, 4.69) is 29.1 Å². The van der Waals surface area contributed by atoms with Crippen LogP contribution in [-0.2, 0) is 25.8 Å². The summed E-state index contributed by atoms with van der Waals surface area (Å²) < 4.78 is 0. The molecule has 3 nitrogen and oxygen atoms in total. The van der Waals surface area contributed by atoms with Crippen LogP contribution < -0.4 is 5.32 Å². The van der Waals surface area contributed by atoms with Crippen molar-refractivity contribution in [2.75, 3.05) is 6.54 Å². The highest BCUT2D eigenvalue weighted by Crippen LogP contribution is 2.16. The molecule has 0 amide bonds. The van der Waals surface area contributed by atoms with Gasteiger partial charge < -0.3 is 5.32 Å². The maximum absolute atomic E-state index is 4.66. The van der Waals surface area contributed by atoms with E-state index in [4.69, 9.17) is 0 Å². The van der Waals surface area contributed by atoms with Crippen molar-refractivity contribution in [1.82, 2.24) is 15.3 Å². The molecule has 0 spiro atoms. The quantitative estimate of drug-likeness (QED) is 0.815. The molecule has 0 fully saturated rings. The van der Waals surface area contributed by atoms with Crippen LogP contribution in [0.4, 0.5) is 0 Å². The van der Waals surface area contributed by atoms with Crippen LogP contribution in [-0.4, -0.2) is 16.5 Å². The molecule has 1 aliphatic rings. The first-order valence-corrected chi connectivity index (χ1v) is 5.93. The van der Waals surface area contributed by atoms with Gasteiger partial charge in [-0.15, -0.1) is 0 Å². The van der Waals surface area contributed by atoms with Gasteiger partial charge in [-0.25, -0.2) is 9.97 Å². The van der Waals surface area contributed by atoms with Crippen molar-refractivity contribution in [3.63, 3.8) is 0 Å². The summed E-state index contributed by atoms with van der Waals surface area (Å²) >= 11 is 0. The summed E-state index contributed by atoms with van der Waals surface area (Å²) in [4.78, 5) is 9.30. The molecule has 1 aromatic heterocycles. The van der Waals surface area contributed by atoms with Crippen LogP contribution in [0.3, 0.4) is 0 Å². The molecule has 3 heteroatoms. The number of aryl methyl sites for hydroxylation is 2. The third-order valence-electron chi connectivity index (χ3n) is 2.87. The topological polar surface area (TPSA) is 37.8 Å². The van der Waals surface area contributed by atoms with Crippen molar-refractivity contribution in [3.05, 3.63) is 22.8 Å². The predicted molar refractivity (Wildman–Crippen MR) is 60.8 cm³/mol. The molecular formula is C12H19N3. The second-order valence-electron chi connectivity index (χ2n) is 4.04. The Bertz CT molecular complexity index is 330. The van der Waals surface area contributed by atoms with Crippen molar-refractivity contribution in [1.29, 1.82) is 0 Å². The highest BCUT2D eigenvalue weighted by molar-refractivity contribution is 5.28. The highest BCUT2D eigenvalue weighted by Gasteiger charge is 2.15. The smallest absolute Gasteiger partial charge is 0.128 e. The van der Waals surface area contributed by atoms with Crippen molar-refractivity contribution >= 4 is 0 Å². The zero-order chi connectivity index (χ0) is 10.7. The van der Waals surface area contributed by atoms with Crippen molar-refractivity contribution in [2.45, 2.75) is 46.1 Å². The minimum Gasteiger partial charge on any atom is -0.312 e. The summed E-state index contributed by atoms with van der Waals surface area (Å²) in [5.41, 5.74) is 3.88. The van der Waals surface area contributed by atoms with Gasteiger partial charge in [0.1, 0.15) is 5.82 Å². The summed E-state index contributed by atoms with van der Waals surface area (Å²) in [5, 5.41) is 3.39. The number of nitrogens with zero attached hydrogens (tertiary/aromatic N) is 2. The molecule has 0 unspecified atom stereocenters. The maximum atomic E-state index is 4.66. The van der Waals surface area contributed by atoms with Gasteiger partial charge in [-0.2, -0.15) is 0 Å². The van der Waals surface area contributed by atoms with Gasteiger partial charge in [-0.3, -0.25) is 0 Å². The van der Waals surface area contributed by atoms with Crippen molar-refractivity contribution < 1.29 is 0 Å². The second kappa shape index (κ2) is 4.71. The summed E-state index contributed by atoms with van der Waals surface area (Å²) in [5.74, 6) is 1.04. The van der Waals surface area contributed by atoms with Crippen LogP contribution >= 0.6 is 0 Å². The zero-order valence-corrected chi connectivity index (χ0v) is 9.64. The standard InChI is InChI=1S/C12H19N3/c1-3-5-12-14-10(4-2)9-8-13-7-6-11(9)15-12/h13H,3-8H2,1-2H3. The maximum Gasteiger partial charge on any atom is 0.128 e. The molecule has 82 valence electrons. The third kappa shape index (κ3) is 2.17. The lowest BCUT2D eigenvalue weighted by Crippen LogP contribution is -2.27. The first-order chi connectivity index (χ1) is 7.35. The van der Waals surface area contributed by atoms with Crippen molar-refractivity contribution in [3.8, 4) is 0 Å². The van der Waals surface area contributed by atoms with E-state index in [1.807, 2.05) is 0 Å². The summed E-state index contributed by atoms with van der Waals surface area (Å²) in [6.07, 6.45) is 4.21. The van der Waals surface area contributed by atoms with E-state index >= 15 is 0 Å². The Morgan fingerprint density at radius 2 is 2.13 bits per heavy atom. The monoisotopic (exact) mass is 205 g/mol. The first kappa shape index (κ1) is 10.6. The Labute approximate surface area is 91.3 Å². The van der Waals surface area contributed by atoms with Gasteiger partial charge in [0.15, 0.2) is 0 Å². The Morgan fingerprint density at radius 3 is 2.87 bits per heavy atom. The molecule has 0 aliphatic carbocycles. The SMILES string of the molecule is CCCc1nc(CC)c2c(n1)CCNC2. The molecule has 15 heavy (non-hydrogen) atoms. The van der Waals surface area contributed by atoms with Crippen LogP contribution in [0, 0.1) is 0 Å². The largest absolute Gasteiger partial charge is 0.312 e. The zero-order valence-electron chi connectivity index (χ0n) is 9.64. The molecule has 2 rings (SSSR count). The molecule has 1 aliphatic heterocycles. The summed E-state index contributed by atoms with van der Waals surface area (Å²) in [7, 11) is 0. The number of hydrogen-bond donors (Lipinski definition) is 1. The average Bonchev–Trinajstić information content (AvgIpc) is 2.28. The van der Waals surface area contributed by atoms with Crippen LogP contribution in [0.2, 0.25) is 0 Å². The van der Waals surface area contributed by atoms with Crippen LogP contribution in [0.25, 0.3) is 0 Å². The van der Waals surface area contributed by atoms with E-state index < -0.39 is 0 Å². The molecule has 0 aromatic carbocycles. The van der Waals surface area contributed by atoms with E-state index in [1.54, 1.807) is 0 Å². The van der Waals surface area contributed by atoms with Gasteiger partial charge in [0.2, 0.25) is 0 Å². The lowest BCUT2D eigenvalue weighted by atomic mass is 10.0. The molecule has 0 atom stereocenters. The molecule has 0 saturated heterocycles. The van der Waals surface area contributed by atoms with E-state index in [-0.39, 0.29) is 0 Å². The Balaban J connectivity index is 2.38. The number of nitrogens with one attached hydrogen (secondary N) is 1. The molecule has 0 bridgehead atoms. The van der Waals surface area contributed by atoms with Gasteiger partial charge in [0.05, 0.1) is 5.69 Å². The first-order valence-electron chi connectivity index (χ1n) is 5.93. The fourth-order valence-electron chi connectivity index (χ4n) is 2.10. The third-order valence-corrected chi connectivity index (χ3v) is 2.87. The van der Waals surface area contributed by atoms with Gasteiger partial charge >= 0.3 is 0 Å². The molecule has 1 aromatic rings. The number of rotatable bonds is 3. The summed E-state index contributed by atoms with van der Waals surface area (Å²) in [6.45, 7) is 6.35. The number of fused-ring (bicyclic) bond motifs is 1. The van der Waals surface area contributed by atoms with Crippen molar-refractivity contribution in [2.24, 2.45) is 0 Å². The van der Waals surface area contributed by atoms with Crippen LogP contribution in [0.15, 0.2) is 0 Å². The van der Waals surface area contributed by atoms with Crippen LogP contribution in [0.5, 0.6) is 0 Å². The van der Waals surface area contributed by atoms with Gasteiger partial charge in [0, 0.05) is 37.2 Å². The van der Waals surface area contributed by atoms with Gasteiger partial charge in [-0.1, -0.05) is 13.8 Å². The molecule has 0 radical (unpaired) electrons. The number of hydrogen-bond acceptors (Lipinski definition) is 3. The Kier molecular flexibility index (Phi) is 3.31. The lowest BCUT2D eigenvalue weighted by Gasteiger charge is -2.19.